The number of nitrogens with zero attached hydrogens (tertiary/aromatic N) is 16. The van der Waals surface area contributed by atoms with Gasteiger partial charge in [0.25, 0.3) is 0 Å². The largest absolute Gasteiger partial charge is 1.00 e. The smallest absolute Gasteiger partial charge is 0.397 e. The second-order valence-corrected chi connectivity index (χ2v) is 39.2. The summed E-state index contributed by atoms with van der Waals surface area (Å²) in [6, 6.07) is 97.2. The number of aliphatic hydroxyl groups is 2. The number of thiazole rings is 8. The Morgan fingerprint density at radius 1 is 0.167 bits per heavy atom. The van der Waals surface area contributed by atoms with E-state index in [4.69, 9.17) is 84.8 Å². The zero-order valence-electron chi connectivity index (χ0n) is 76.9. The molecule has 8 aromatic carbocycles. The van der Waals surface area contributed by atoms with Crippen LogP contribution in [0.5, 0.6) is 0 Å². The Labute approximate surface area is 959 Å². The van der Waals surface area contributed by atoms with Gasteiger partial charge in [0.05, 0.1) is 81.7 Å². The molecule has 0 aliphatic carbocycles. The molecule has 0 aliphatic rings. The molecular weight excluding hydrogens is 2540 g/mol. The van der Waals surface area contributed by atoms with Crippen molar-refractivity contribution >= 4 is 172 Å². The molecule has 0 spiro atoms. The van der Waals surface area contributed by atoms with Gasteiger partial charge >= 0.3 is 89.5 Å². The van der Waals surface area contributed by atoms with Gasteiger partial charge in [0, 0.05) is 157 Å². The predicted molar refractivity (Wildman–Crippen MR) is 528 cm³/mol. The molecule has 34 nitrogen and oxygen atoms in total. The second kappa shape index (κ2) is 65.8. The maximum atomic E-state index is 8.49. The molecule has 16 aromatic heterocycles. The van der Waals surface area contributed by atoms with E-state index in [9.17, 15) is 0 Å². The molecule has 50 heteroatoms. The zero-order valence-corrected chi connectivity index (χ0v) is 92.4. The molecule has 0 saturated carbocycles. The van der Waals surface area contributed by atoms with Gasteiger partial charge in [-0.15, -0.1) is 132 Å². The summed E-state index contributed by atoms with van der Waals surface area (Å²) in [5, 5.41) is 23.6. The topological polar surface area (TPSA) is 616 Å². The SMILES string of the molecule is CCO.CCO.[Ag+].[Ag+].[Ag+].[Ag+].[O-][Cl+3]([O-])([O-])[O-].[O-][Cl+3]([O-])([O-])[O-].[O-][Cl+3]([O-])([O-])[O-].[O-][Cl+3]([O-])([O-])[O-].c1ccc2sc(-c3ccncc3)nc2c1.c1ccc2sc(-c3ccncc3)nc2c1.c1ccc2sc(-c3ccncc3)nc2c1.c1ccc2sc(-c3ccncc3)nc2c1.c1ccc2sc(-c3ccncc3)nc2c1.c1ccc2sc(-c3ccncc3)nc2c1.c1ccc2sc(-c3ccncc3)nc2c1.c1ccc2sc(-c3ccncc3)nc2c1. The van der Waals surface area contributed by atoms with E-state index in [1.54, 1.807) is 204 Å². The van der Waals surface area contributed by atoms with E-state index in [0.717, 1.165) is 129 Å². The van der Waals surface area contributed by atoms with Crippen molar-refractivity contribution in [3.63, 3.8) is 0 Å². The fourth-order valence-corrected chi connectivity index (χ4v) is 19.7. The van der Waals surface area contributed by atoms with Gasteiger partial charge in [-0.25, -0.2) is 114 Å². The summed E-state index contributed by atoms with van der Waals surface area (Å²) in [4.78, 5) is 68.6. The van der Waals surface area contributed by atoms with E-state index in [1.165, 1.54) is 37.6 Å². The number of pyridine rings is 8. The van der Waals surface area contributed by atoms with Crippen LogP contribution >= 0.6 is 90.7 Å². The molecule has 0 fully saturated rings. The molecule has 0 amide bonds. The van der Waals surface area contributed by atoms with Gasteiger partial charge < -0.3 is 10.2 Å². The molecule has 0 bridgehead atoms. The summed E-state index contributed by atoms with van der Waals surface area (Å²) in [6.45, 7) is 3.86. The third-order valence-electron chi connectivity index (χ3n) is 17.8. The first kappa shape index (κ1) is 126. The zero-order chi connectivity index (χ0) is 104. The maximum absolute atomic E-state index is 8.49. The summed E-state index contributed by atoms with van der Waals surface area (Å²) in [5.41, 5.74) is 17.6. The van der Waals surface area contributed by atoms with Crippen molar-refractivity contribution in [2.45, 2.75) is 13.8 Å². The number of benzene rings is 8. The van der Waals surface area contributed by atoms with Crippen LogP contribution in [0.1, 0.15) is 13.8 Å². The summed E-state index contributed by atoms with van der Waals surface area (Å²) in [5.74, 6) is 0. The number of hydrogen-bond acceptors (Lipinski definition) is 42. The summed E-state index contributed by atoms with van der Waals surface area (Å²) in [6.07, 6.45) is 28.7. The van der Waals surface area contributed by atoms with E-state index in [2.05, 4.69) is 128 Å². The number of rotatable bonds is 8. The number of aromatic nitrogens is 16. The van der Waals surface area contributed by atoms with Gasteiger partial charge in [0.15, 0.2) is 0 Å². The minimum atomic E-state index is -4.94. The quantitative estimate of drug-likeness (QED) is 0.137. The number of hydrogen-bond donors (Lipinski definition) is 2. The Kier molecular flexibility index (Phi) is 55.4. The average Bonchev–Trinajstić information content (AvgIpc) is 1.72. The standard InChI is InChI=1S/8C12H8N2S.2C2H6O.4Ag.4ClHO4/c8*1-2-4-11-10(3-1)14-12(15-11)9-5-7-13-8-6-9;2*1-2-3;;;;;4*2-1(3,4)5/h8*1-8H;2*3H,2H2,1H3;;;;;4*(H,2,3,4,5)/q;;;;;;;;;;4*+1;;;;/p-4. The van der Waals surface area contributed by atoms with Crippen molar-refractivity contribution < 1.29 is 215 Å². The molecule has 24 aromatic rings. The maximum Gasteiger partial charge on any atom is 1.00 e. The normalized spacial score (nSPS) is 10.4. The molecule has 784 valence electrons. The van der Waals surface area contributed by atoms with Gasteiger partial charge in [0.2, 0.25) is 0 Å². The first-order valence-electron chi connectivity index (χ1n) is 42.1. The average molecular weight is 2620 g/mol. The molecule has 16 heterocycles. The predicted octanol–water partition coefficient (Wildman–Crippen LogP) is 7.83. The van der Waals surface area contributed by atoms with E-state index < -0.39 is 41.0 Å². The molecule has 0 unspecified atom stereocenters. The second-order valence-electron chi connectivity index (χ2n) is 27.9. The number of aliphatic hydroxyl groups excluding tert-OH is 2. The molecule has 24 rings (SSSR count). The van der Waals surface area contributed by atoms with Crippen LogP contribution in [0.3, 0.4) is 0 Å². The van der Waals surface area contributed by atoms with Crippen molar-refractivity contribution in [2.75, 3.05) is 13.2 Å². The summed E-state index contributed by atoms with van der Waals surface area (Å²) >= 11 is 13.7. The molecular formula is C100H76Ag4Cl4N16O18S8. The summed E-state index contributed by atoms with van der Waals surface area (Å²) < 4.78 is 146. The molecule has 0 atom stereocenters. The van der Waals surface area contributed by atoms with Crippen LogP contribution in [0, 0.1) is 41.0 Å². The van der Waals surface area contributed by atoms with Crippen molar-refractivity contribution in [3.8, 4) is 84.6 Å². The van der Waals surface area contributed by atoms with Crippen molar-refractivity contribution in [3.05, 3.63) is 390 Å². The fraction of sp³-hybridized carbons (Fsp3) is 0.0400. The minimum Gasteiger partial charge on any atom is -0.397 e. The number of para-hydroxylation sites is 8. The molecule has 0 saturated heterocycles. The third kappa shape index (κ3) is 45.4. The van der Waals surface area contributed by atoms with Crippen LogP contribution in [-0.2, 0) is 89.5 Å². The van der Waals surface area contributed by atoms with Crippen LogP contribution in [0.4, 0.5) is 0 Å². The Hall–Kier alpha value is -10.5. The molecule has 2 N–H and O–H groups in total. The first-order chi connectivity index (χ1) is 70.3. The van der Waals surface area contributed by atoms with Crippen molar-refractivity contribution in [1.82, 2.24) is 79.7 Å². The van der Waals surface area contributed by atoms with E-state index >= 15 is 0 Å². The van der Waals surface area contributed by atoms with E-state index in [0.29, 0.717) is 0 Å². The number of fused-ring (bicyclic) bond motifs is 8. The van der Waals surface area contributed by atoms with Gasteiger partial charge in [-0.1, -0.05) is 97.1 Å². The van der Waals surface area contributed by atoms with Crippen LogP contribution < -0.4 is 74.5 Å². The van der Waals surface area contributed by atoms with Crippen LogP contribution in [-0.4, -0.2) is 103 Å². The first-order valence-corrected chi connectivity index (χ1v) is 53.5. The Morgan fingerprint density at radius 2 is 0.247 bits per heavy atom. The summed E-state index contributed by atoms with van der Waals surface area (Å²) in [7, 11) is -19.8. The van der Waals surface area contributed by atoms with Crippen molar-refractivity contribution in [1.29, 1.82) is 0 Å². The van der Waals surface area contributed by atoms with Gasteiger partial charge in [0.1, 0.15) is 40.1 Å². The fourth-order valence-electron chi connectivity index (χ4n) is 11.9. The van der Waals surface area contributed by atoms with Crippen LogP contribution in [0.15, 0.2) is 390 Å². The number of halogens is 4. The van der Waals surface area contributed by atoms with Gasteiger partial charge in [-0.3, -0.25) is 39.9 Å². The molecule has 0 radical (unpaired) electrons. The Bertz CT molecular complexity index is 6300. The monoisotopic (exact) mass is 2610 g/mol. The van der Waals surface area contributed by atoms with Crippen LogP contribution in [0.2, 0.25) is 0 Å². The van der Waals surface area contributed by atoms with Crippen LogP contribution in [0.25, 0.3) is 166 Å². The Balaban J connectivity index is 0.000000223. The Morgan fingerprint density at radius 3 is 0.327 bits per heavy atom. The minimum absolute atomic E-state index is 0. The van der Waals surface area contributed by atoms with Gasteiger partial charge in [-0.05, 0) is 208 Å². The van der Waals surface area contributed by atoms with Gasteiger partial charge in [-0.2, -0.15) is 0 Å². The molecule has 0 aliphatic heterocycles. The molecule has 150 heavy (non-hydrogen) atoms. The van der Waals surface area contributed by atoms with E-state index in [-0.39, 0.29) is 103 Å². The van der Waals surface area contributed by atoms with Crippen molar-refractivity contribution in [2.24, 2.45) is 0 Å². The third-order valence-corrected chi connectivity index (χ3v) is 26.5. The van der Waals surface area contributed by atoms with E-state index in [1.807, 2.05) is 243 Å².